The topological polar surface area (TPSA) is 60.4 Å². The number of carbonyl (C=O) groups is 3. The first-order chi connectivity index (χ1) is 10.1. The summed E-state index contributed by atoms with van der Waals surface area (Å²) < 4.78 is 4.98. The third-order valence-corrected chi connectivity index (χ3v) is 4.04. The van der Waals surface area contributed by atoms with E-state index in [1.54, 1.807) is 12.1 Å². The van der Waals surface area contributed by atoms with E-state index < -0.39 is 0 Å². The van der Waals surface area contributed by atoms with Gasteiger partial charge in [0.05, 0.1) is 7.11 Å². The van der Waals surface area contributed by atoms with Gasteiger partial charge in [-0.3, -0.25) is 14.4 Å². The molecule has 3 rings (SSSR count). The summed E-state index contributed by atoms with van der Waals surface area (Å²) in [6, 6.07) is 1.75. The Labute approximate surface area is 122 Å². The lowest BCUT2D eigenvalue weighted by Crippen LogP contribution is -2.21. The second-order valence-corrected chi connectivity index (χ2v) is 5.25. The van der Waals surface area contributed by atoms with E-state index >= 15 is 0 Å². The molecule has 0 atom stereocenters. The molecule has 2 aliphatic carbocycles. The van der Waals surface area contributed by atoms with Crippen molar-refractivity contribution in [2.75, 3.05) is 7.11 Å². The van der Waals surface area contributed by atoms with Crippen LogP contribution in [0.3, 0.4) is 0 Å². The molecule has 0 bridgehead atoms. The predicted octanol–water partition coefficient (Wildman–Crippen LogP) is 2.43. The Morgan fingerprint density at radius 2 is 1.95 bits per heavy atom. The molecule has 2 aliphatic rings. The molecule has 4 nitrogen and oxygen atoms in total. The molecule has 0 fully saturated rings. The summed E-state index contributed by atoms with van der Waals surface area (Å²) >= 11 is 0. The Balaban J connectivity index is 2.31. The number of benzene rings is 1. The molecule has 0 unspecified atom stereocenters. The van der Waals surface area contributed by atoms with E-state index in [0.717, 1.165) is 17.4 Å². The van der Waals surface area contributed by atoms with Crippen molar-refractivity contribution in [3.63, 3.8) is 0 Å². The molecular formula is C17H14O4. The fourth-order valence-corrected chi connectivity index (χ4v) is 2.98. The highest BCUT2D eigenvalue weighted by molar-refractivity contribution is 6.25. The minimum atomic E-state index is -0.287. The van der Waals surface area contributed by atoms with Crippen LogP contribution in [-0.2, 0) is 16.0 Å². The Morgan fingerprint density at radius 3 is 2.62 bits per heavy atom. The van der Waals surface area contributed by atoms with E-state index in [9.17, 15) is 14.4 Å². The van der Waals surface area contributed by atoms with Crippen LogP contribution in [0, 0.1) is 6.92 Å². The number of aryl methyl sites for hydroxylation is 1. The molecule has 0 amide bonds. The van der Waals surface area contributed by atoms with Crippen molar-refractivity contribution in [1.29, 1.82) is 0 Å². The number of rotatable bonds is 2. The smallest absolute Gasteiger partial charge is 0.228 e. The van der Waals surface area contributed by atoms with Crippen LogP contribution in [0.2, 0.25) is 0 Å². The molecule has 0 saturated carbocycles. The summed E-state index contributed by atoms with van der Waals surface area (Å²) in [5.74, 6) is -0.479. The van der Waals surface area contributed by atoms with Crippen LogP contribution in [0.15, 0.2) is 23.5 Å². The average molecular weight is 282 g/mol. The predicted molar refractivity (Wildman–Crippen MR) is 77.3 cm³/mol. The maximum Gasteiger partial charge on any atom is 0.228 e. The van der Waals surface area contributed by atoms with Gasteiger partial charge in [0.1, 0.15) is 6.29 Å². The summed E-state index contributed by atoms with van der Waals surface area (Å²) in [5.41, 5.74) is 4.11. The number of carbonyl (C=O) groups excluding carboxylic acids is 3. The molecule has 0 radical (unpaired) electrons. The Kier molecular flexibility index (Phi) is 3.09. The number of ketones is 2. The summed E-state index contributed by atoms with van der Waals surface area (Å²) in [4.78, 5) is 35.7. The van der Waals surface area contributed by atoms with Gasteiger partial charge in [0.15, 0.2) is 11.5 Å². The number of ether oxygens (including phenoxy) is 1. The van der Waals surface area contributed by atoms with Crippen LogP contribution in [0.25, 0.3) is 6.08 Å². The lowest BCUT2D eigenvalue weighted by Gasteiger charge is -2.23. The first kappa shape index (κ1) is 13.5. The molecule has 0 heterocycles. The molecule has 21 heavy (non-hydrogen) atoms. The van der Waals surface area contributed by atoms with Gasteiger partial charge in [-0.15, -0.1) is 0 Å². The fraction of sp³-hybridized carbons (Fsp3) is 0.235. The van der Waals surface area contributed by atoms with E-state index in [1.165, 1.54) is 13.2 Å². The number of hydrogen-bond donors (Lipinski definition) is 0. The zero-order valence-electron chi connectivity index (χ0n) is 11.9. The molecular weight excluding hydrogens is 268 g/mol. The lowest BCUT2D eigenvalue weighted by atomic mass is 9.80. The minimum absolute atomic E-state index is 0.0576. The van der Waals surface area contributed by atoms with Crippen molar-refractivity contribution in [3.8, 4) is 0 Å². The number of hydrogen-bond acceptors (Lipinski definition) is 4. The highest BCUT2D eigenvalue weighted by atomic mass is 16.5. The first-order valence-electron chi connectivity index (χ1n) is 6.73. The molecule has 0 spiro atoms. The van der Waals surface area contributed by atoms with E-state index in [-0.39, 0.29) is 17.3 Å². The third-order valence-electron chi connectivity index (χ3n) is 4.04. The second-order valence-electron chi connectivity index (χ2n) is 5.25. The Bertz CT molecular complexity index is 751. The van der Waals surface area contributed by atoms with E-state index in [4.69, 9.17) is 4.74 Å². The van der Waals surface area contributed by atoms with Gasteiger partial charge < -0.3 is 4.74 Å². The number of methoxy groups -OCH3 is 1. The highest BCUT2D eigenvalue weighted by Gasteiger charge is 2.31. The normalized spacial score (nSPS) is 16.7. The number of allylic oxidation sites excluding steroid dienone is 3. The lowest BCUT2D eigenvalue weighted by molar-refractivity contribution is -0.105. The van der Waals surface area contributed by atoms with Crippen molar-refractivity contribution in [3.05, 3.63) is 51.3 Å². The Hall–Kier alpha value is -2.49. The van der Waals surface area contributed by atoms with Gasteiger partial charge in [-0.25, -0.2) is 0 Å². The molecule has 0 aliphatic heterocycles. The van der Waals surface area contributed by atoms with Crippen molar-refractivity contribution in [2.24, 2.45) is 0 Å². The number of aldehydes is 1. The number of fused-ring (bicyclic) bond motifs is 3. The molecule has 106 valence electrons. The standard InChI is InChI=1S/C17H14O4/c1-9-5-13-16(14(19)7-15(21-2)17(13)20)12-6-10(8-18)3-4-11(9)12/h5-8H,3-4H2,1-2H3. The van der Waals surface area contributed by atoms with E-state index in [2.05, 4.69) is 0 Å². The zero-order valence-corrected chi connectivity index (χ0v) is 11.9. The van der Waals surface area contributed by atoms with Crippen molar-refractivity contribution in [2.45, 2.75) is 19.8 Å². The van der Waals surface area contributed by atoms with Gasteiger partial charge in [0, 0.05) is 17.2 Å². The van der Waals surface area contributed by atoms with Crippen molar-refractivity contribution < 1.29 is 19.1 Å². The van der Waals surface area contributed by atoms with Crippen LogP contribution >= 0.6 is 0 Å². The molecule has 0 saturated heterocycles. The first-order valence-corrected chi connectivity index (χ1v) is 6.73. The largest absolute Gasteiger partial charge is 0.492 e. The monoisotopic (exact) mass is 282 g/mol. The SMILES string of the molecule is COC1=CC(=O)c2c(cc(C)c3c2C=C(C=O)CC3)C1=O. The molecule has 4 heteroatoms. The second kappa shape index (κ2) is 4.81. The zero-order chi connectivity index (χ0) is 15.1. The van der Waals surface area contributed by atoms with Gasteiger partial charge in [-0.05, 0) is 54.2 Å². The Morgan fingerprint density at radius 1 is 1.19 bits per heavy atom. The summed E-state index contributed by atoms with van der Waals surface area (Å²) in [6.07, 6.45) is 5.14. The van der Waals surface area contributed by atoms with Gasteiger partial charge in [0.2, 0.25) is 5.78 Å². The van der Waals surface area contributed by atoms with Crippen LogP contribution < -0.4 is 0 Å². The fourth-order valence-electron chi connectivity index (χ4n) is 2.98. The maximum atomic E-state index is 12.4. The summed E-state index contributed by atoms with van der Waals surface area (Å²) in [6.45, 7) is 1.92. The molecule has 0 N–H and O–H groups in total. The number of Topliss-reactive ketones (excluding diaryl/α,β-unsaturated/α-hetero) is 1. The summed E-state index contributed by atoms with van der Waals surface area (Å²) in [5, 5.41) is 0. The van der Waals surface area contributed by atoms with Crippen LogP contribution in [0.4, 0.5) is 0 Å². The van der Waals surface area contributed by atoms with E-state index in [0.29, 0.717) is 35.1 Å². The maximum absolute atomic E-state index is 12.4. The van der Waals surface area contributed by atoms with Crippen LogP contribution in [-0.4, -0.2) is 25.0 Å². The van der Waals surface area contributed by atoms with Gasteiger partial charge in [-0.1, -0.05) is 0 Å². The van der Waals surface area contributed by atoms with Gasteiger partial charge in [-0.2, -0.15) is 0 Å². The molecule has 1 aromatic rings. The molecule has 1 aromatic carbocycles. The van der Waals surface area contributed by atoms with Gasteiger partial charge in [0.25, 0.3) is 0 Å². The minimum Gasteiger partial charge on any atom is -0.492 e. The quantitative estimate of drug-likeness (QED) is 0.782. The van der Waals surface area contributed by atoms with Crippen LogP contribution in [0.5, 0.6) is 0 Å². The molecule has 0 aromatic heterocycles. The van der Waals surface area contributed by atoms with Gasteiger partial charge >= 0.3 is 0 Å². The summed E-state index contributed by atoms with van der Waals surface area (Å²) in [7, 11) is 1.37. The van der Waals surface area contributed by atoms with Crippen molar-refractivity contribution >= 4 is 23.9 Å². The van der Waals surface area contributed by atoms with E-state index in [1.807, 2.05) is 6.92 Å². The third kappa shape index (κ3) is 1.95. The van der Waals surface area contributed by atoms with Crippen LogP contribution in [0.1, 0.15) is 43.8 Å². The average Bonchev–Trinajstić information content (AvgIpc) is 2.50. The van der Waals surface area contributed by atoms with Crippen molar-refractivity contribution in [1.82, 2.24) is 0 Å². The highest BCUT2D eigenvalue weighted by Crippen LogP contribution is 2.34.